The van der Waals surface area contributed by atoms with Gasteiger partial charge in [0.25, 0.3) is 0 Å². The SMILES string of the molecule is CN(C)c1ccc(C2(O)C(c3ccccc3Cl)SC3=NCCCCN32)cc1. The molecule has 1 saturated heterocycles. The first kappa shape index (κ1) is 18.7. The first-order valence-electron chi connectivity index (χ1n) is 9.25. The van der Waals surface area contributed by atoms with Crippen LogP contribution in [-0.2, 0) is 5.72 Å². The summed E-state index contributed by atoms with van der Waals surface area (Å²) < 4.78 is 0. The van der Waals surface area contributed by atoms with Crippen LogP contribution in [-0.4, -0.2) is 42.4 Å². The number of thioether (sulfide) groups is 1. The molecule has 27 heavy (non-hydrogen) atoms. The molecule has 4 rings (SSSR count). The Bertz CT molecular complexity index is 855. The summed E-state index contributed by atoms with van der Waals surface area (Å²) in [6, 6.07) is 15.9. The molecule has 2 atom stereocenters. The van der Waals surface area contributed by atoms with Crippen molar-refractivity contribution in [3.8, 4) is 0 Å². The van der Waals surface area contributed by atoms with Gasteiger partial charge in [0, 0.05) is 43.5 Å². The van der Waals surface area contributed by atoms with Gasteiger partial charge < -0.3 is 14.9 Å². The zero-order valence-electron chi connectivity index (χ0n) is 15.6. The van der Waals surface area contributed by atoms with Crippen molar-refractivity contribution in [1.82, 2.24) is 4.90 Å². The lowest BCUT2D eigenvalue weighted by atomic mass is 9.92. The highest BCUT2D eigenvalue weighted by molar-refractivity contribution is 8.14. The van der Waals surface area contributed by atoms with Crippen molar-refractivity contribution < 1.29 is 5.11 Å². The average molecular weight is 402 g/mol. The van der Waals surface area contributed by atoms with Crippen LogP contribution in [0.25, 0.3) is 0 Å². The van der Waals surface area contributed by atoms with E-state index in [0.717, 1.165) is 47.9 Å². The molecule has 1 fully saturated rings. The average Bonchev–Trinajstić information content (AvgIpc) is 2.82. The van der Waals surface area contributed by atoms with Crippen molar-refractivity contribution in [3.63, 3.8) is 0 Å². The molecule has 2 unspecified atom stereocenters. The summed E-state index contributed by atoms with van der Waals surface area (Å²) >= 11 is 8.14. The molecule has 0 spiro atoms. The third kappa shape index (κ3) is 3.22. The van der Waals surface area contributed by atoms with Gasteiger partial charge in [-0.25, -0.2) is 0 Å². The summed E-state index contributed by atoms with van der Waals surface area (Å²) in [5.74, 6) is 0. The highest BCUT2D eigenvalue weighted by Crippen LogP contribution is 2.55. The Balaban J connectivity index is 1.84. The molecular weight excluding hydrogens is 378 g/mol. The van der Waals surface area contributed by atoms with E-state index in [2.05, 4.69) is 21.9 Å². The molecule has 0 bridgehead atoms. The molecular formula is C21H24ClN3OS. The number of aliphatic hydroxyl groups is 1. The van der Waals surface area contributed by atoms with Gasteiger partial charge in [0.15, 0.2) is 10.9 Å². The van der Waals surface area contributed by atoms with Crippen LogP contribution in [0.1, 0.15) is 29.2 Å². The van der Waals surface area contributed by atoms with Crippen molar-refractivity contribution >= 4 is 34.2 Å². The lowest BCUT2D eigenvalue weighted by Gasteiger charge is -2.38. The van der Waals surface area contributed by atoms with Crippen LogP contribution in [0.3, 0.4) is 0 Å². The normalized spacial score (nSPS) is 25.0. The van der Waals surface area contributed by atoms with Gasteiger partial charge >= 0.3 is 0 Å². The Hall–Kier alpha value is -1.69. The minimum absolute atomic E-state index is 0.228. The summed E-state index contributed by atoms with van der Waals surface area (Å²) in [6.07, 6.45) is 2.06. The number of aliphatic imine (C=N–C) groups is 1. The van der Waals surface area contributed by atoms with Gasteiger partial charge in [0.1, 0.15) is 0 Å². The second-order valence-electron chi connectivity index (χ2n) is 7.21. The van der Waals surface area contributed by atoms with Crippen LogP contribution in [0.15, 0.2) is 53.5 Å². The fraction of sp³-hybridized carbons (Fsp3) is 0.381. The number of rotatable bonds is 3. The first-order valence-corrected chi connectivity index (χ1v) is 10.5. The van der Waals surface area contributed by atoms with Gasteiger partial charge in [-0.1, -0.05) is 53.7 Å². The lowest BCUT2D eigenvalue weighted by molar-refractivity contribution is -0.0711. The molecule has 2 aliphatic rings. The molecule has 0 saturated carbocycles. The van der Waals surface area contributed by atoms with Crippen LogP contribution in [0, 0.1) is 0 Å². The van der Waals surface area contributed by atoms with E-state index in [4.69, 9.17) is 16.6 Å². The Morgan fingerprint density at radius 1 is 1.15 bits per heavy atom. The summed E-state index contributed by atoms with van der Waals surface area (Å²) in [5.41, 5.74) is 1.74. The van der Waals surface area contributed by atoms with Gasteiger partial charge in [-0.15, -0.1) is 0 Å². The van der Waals surface area contributed by atoms with Crippen molar-refractivity contribution in [3.05, 3.63) is 64.7 Å². The van der Waals surface area contributed by atoms with Crippen LogP contribution in [0.2, 0.25) is 5.02 Å². The van der Waals surface area contributed by atoms with E-state index in [1.54, 1.807) is 11.8 Å². The quantitative estimate of drug-likeness (QED) is 0.822. The molecule has 2 heterocycles. The number of fused-ring (bicyclic) bond motifs is 1. The summed E-state index contributed by atoms with van der Waals surface area (Å²) in [6.45, 7) is 1.60. The number of hydrogen-bond acceptors (Lipinski definition) is 5. The van der Waals surface area contributed by atoms with Crippen LogP contribution in [0.5, 0.6) is 0 Å². The molecule has 0 amide bonds. The molecule has 2 aromatic rings. The number of anilines is 1. The second kappa shape index (κ2) is 7.38. The van der Waals surface area contributed by atoms with Crippen LogP contribution in [0.4, 0.5) is 5.69 Å². The van der Waals surface area contributed by atoms with Crippen LogP contribution < -0.4 is 4.90 Å². The van der Waals surface area contributed by atoms with Gasteiger partial charge in [0.05, 0.1) is 5.25 Å². The minimum Gasteiger partial charge on any atom is -0.378 e. The van der Waals surface area contributed by atoms with Gasteiger partial charge in [-0.3, -0.25) is 4.99 Å². The van der Waals surface area contributed by atoms with Crippen molar-refractivity contribution in [1.29, 1.82) is 0 Å². The standard InChI is InChI=1S/C21H24ClN3OS/c1-24(2)16-11-9-15(10-12-16)21(26)19(17-7-3-4-8-18(17)22)27-20-23-13-5-6-14-25(20)21/h3-4,7-12,19,26H,5-6,13-14H2,1-2H3. The zero-order chi connectivity index (χ0) is 19.0. The number of halogens is 1. The van der Waals surface area contributed by atoms with Crippen molar-refractivity contribution in [2.45, 2.75) is 23.8 Å². The molecule has 1 N–H and O–H groups in total. The van der Waals surface area contributed by atoms with Crippen LogP contribution >= 0.6 is 23.4 Å². The molecule has 2 aliphatic heterocycles. The predicted octanol–water partition coefficient (Wildman–Crippen LogP) is 4.49. The summed E-state index contributed by atoms with van der Waals surface area (Å²) in [5, 5.41) is 13.5. The lowest BCUT2D eigenvalue weighted by Crippen LogP contribution is -2.46. The Labute approximate surface area is 169 Å². The zero-order valence-corrected chi connectivity index (χ0v) is 17.2. The van der Waals surface area contributed by atoms with E-state index in [-0.39, 0.29) is 5.25 Å². The third-order valence-corrected chi connectivity index (χ3v) is 6.99. The largest absolute Gasteiger partial charge is 0.378 e. The third-order valence-electron chi connectivity index (χ3n) is 5.26. The fourth-order valence-corrected chi connectivity index (χ4v) is 5.57. The first-order chi connectivity index (χ1) is 13.0. The van der Waals surface area contributed by atoms with E-state index in [0.29, 0.717) is 5.02 Å². The molecule has 0 aromatic heterocycles. The Morgan fingerprint density at radius 2 is 1.89 bits per heavy atom. The highest BCUT2D eigenvalue weighted by Gasteiger charge is 2.53. The number of hydrogen-bond donors (Lipinski definition) is 1. The topological polar surface area (TPSA) is 39.1 Å². The second-order valence-corrected chi connectivity index (χ2v) is 8.69. The molecule has 142 valence electrons. The van der Waals surface area contributed by atoms with E-state index < -0.39 is 5.72 Å². The maximum absolute atomic E-state index is 12.1. The molecule has 0 aliphatic carbocycles. The van der Waals surface area contributed by atoms with Gasteiger partial charge in [-0.2, -0.15) is 0 Å². The smallest absolute Gasteiger partial charge is 0.182 e. The fourth-order valence-electron chi connectivity index (χ4n) is 3.76. The van der Waals surface area contributed by atoms with E-state index in [9.17, 15) is 5.11 Å². The predicted molar refractivity (Wildman–Crippen MR) is 115 cm³/mol. The number of amidine groups is 1. The number of nitrogens with zero attached hydrogens (tertiary/aromatic N) is 3. The monoisotopic (exact) mass is 401 g/mol. The molecule has 4 nitrogen and oxygen atoms in total. The summed E-state index contributed by atoms with van der Waals surface area (Å²) in [4.78, 5) is 8.88. The van der Waals surface area contributed by atoms with Gasteiger partial charge in [0.2, 0.25) is 0 Å². The van der Waals surface area contributed by atoms with Crippen molar-refractivity contribution in [2.24, 2.45) is 4.99 Å². The maximum atomic E-state index is 12.1. The van der Waals surface area contributed by atoms with E-state index in [1.165, 1.54) is 0 Å². The Kier molecular flexibility index (Phi) is 5.10. The molecule has 0 radical (unpaired) electrons. The number of benzene rings is 2. The maximum Gasteiger partial charge on any atom is 0.182 e. The van der Waals surface area contributed by atoms with E-state index >= 15 is 0 Å². The Morgan fingerprint density at radius 3 is 2.59 bits per heavy atom. The highest BCUT2D eigenvalue weighted by atomic mass is 35.5. The molecule has 6 heteroatoms. The molecule has 2 aromatic carbocycles. The van der Waals surface area contributed by atoms with Crippen molar-refractivity contribution in [2.75, 3.05) is 32.1 Å². The van der Waals surface area contributed by atoms with Gasteiger partial charge in [-0.05, 0) is 36.6 Å². The van der Waals surface area contributed by atoms with E-state index in [1.807, 2.05) is 50.5 Å². The summed E-state index contributed by atoms with van der Waals surface area (Å²) in [7, 11) is 4.03. The minimum atomic E-state index is -1.18.